The Labute approximate surface area is 96.0 Å². The molecular weight excluding hydrogens is 202 g/mol. The Morgan fingerprint density at radius 3 is 2.88 bits per heavy atom. The molecule has 3 nitrogen and oxygen atoms in total. The van der Waals surface area contributed by atoms with Crippen molar-refractivity contribution in [1.82, 2.24) is 0 Å². The van der Waals surface area contributed by atoms with Gasteiger partial charge in [0, 0.05) is 12.2 Å². The number of carbonyl (C=O) groups excluding carboxylic acids is 1. The van der Waals surface area contributed by atoms with E-state index in [-0.39, 0.29) is 12.5 Å². The predicted octanol–water partition coefficient (Wildman–Crippen LogP) is 2.17. The highest BCUT2D eigenvalue weighted by molar-refractivity contribution is 5.94. The molecule has 0 unspecified atom stereocenters. The van der Waals surface area contributed by atoms with Crippen LogP contribution in [0.1, 0.15) is 25.3 Å². The van der Waals surface area contributed by atoms with Gasteiger partial charge < -0.3 is 9.64 Å². The van der Waals surface area contributed by atoms with Crippen LogP contribution in [0.5, 0.6) is 0 Å². The first kappa shape index (κ1) is 11.1. The van der Waals surface area contributed by atoms with Gasteiger partial charge in [0.1, 0.15) is 6.61 Å². The van der Waals surface area contributed by atoms with Gasteiger partial charge in [-0.3, -0.25) is 4.79 Å². The smallest absolute Gasteiger partial charge is 0.253 e. The number of hydrogen-bond acceptors (Lipinski definition) is 2. The van der Waals surface area contributed by atoms with Gasteiger partial charge in [-0.05, 0) is 23.6 Å². The van der Waals surface area contributed by atoms with Gasteiger partial charge in [0.05, 0.1) is 6.61 Å². The number of anilines is 1. The molecule has 86 valence electrons. The Bertz CT molecular complexity index is 387. The summed E-state index contributed by atoms with van der Waals surface area (Å²) in [6.07, 6.45) is 0. The second kappa shape index (κ2) is 4.66. The van der Waals surface area contributed by atoms with Crippen molar-refractivity contribution in [2.45, 2.75) is 19.8 Å². The lowest BCUT2D eigenvalue weighted by Gasteiger charge is -2.27. The fourth-order valence-electron chi connectivity index (χ4n) is 1.84. The Morgan fingerprint density at radius 2 is 2.19 bits per heavy atom. The van der Waals surface area contributed by atoms with Crippen molar-refractivity contribution in [3.05, 3.63) is 29.8 Å². The van der Waals surface area contributed by atoms with Crippen molar-refractivity contribution in [3.8, 4) is 0 Å². The van der Waals surface area contributed by atoms with E-state index < -0.39 is 0 Å². The molecule has 0 radical (unpaired) electrons. The SMILES string of the molecule is CC(C)c1cccc(N2CCOCC2=O)c1. The first-order chi connectivity index (χ1) is 7.68. The summed E-state index contributed by atoms with van der Waals surface area (Å²) in [5, 5.41) is 0. The highest BCUT2D eigenvalue weighted by Crippen LogP contribution is 2.22. The van der Waals surface area contributed by atoms with Crippen LogP contribution in [0.3, 0.4) is 0 Å². The second-order valence-corrected chi connectivity index (χ2v) is 4.35. The maximum absolute atomic E-state index is 11.7. The van der Waals surface area contributed by atoms with Crippen molar-refractivity contribution < 1.29 is 9.53 Å². The Balaban J connectivity index is 2.25. The second-order valence-electron chi connectivity index (χ2n) is 4.35. The van der Waals surface area contributed by atoms with E-state index in [1.54, 1.807) is 4.90 Å². The minimum atomic E-state index is 0.0483. The van der Waals surface area contributed by atoms with Gasteiger partial charge in [-0.25, -0.2) is 0 Å². The zero-order valence-corrected chi connectivity index (χ0v) is 9.77. The number of benzene rings is 1. The van der Waals surface area contributed by atoms with E-state index >= 15 is 0 Å². The van der Waals surface area contributed by atoms with Gasteiger partial charge in [-0.2, -0.15) is 0 Å². The Hall–Kier alpha value is -1.35. The van der Waals surface area contributed by atoms with Gasteiger partial charge in [0.25, 0.3) is 5.91 Å². The summed E-state index contributed by atoms with van der Waals surface area (Å²) >= 11 is 0. The van der Waals surface area contributed by atoms with E-state index in [9.17, 15) is 4.79 Å². The zero-order valence-electron chi connectivity index (χ0n) is 9.77. The molecule has 0 bridgehead atoms. The molecule has 0 saturated carbocycles. The monoisotopic (exact) mass is 219 g/mol. The third kappa shape index (κ3) is 2.25. The molecule has 1 aliphatic rings. The standard InChI is InChI=1S/C13H17NO2/c1-10(2)11-4-3-5-12(8-11)14-6-7-16-9-13(14)15/h3-5,8,10H,6-7,9H2,1-2H3. The van der Waals surface area contributed by atoms with Crippen LogP contribution in [-0.2, 0) is 9.53 Å². The molecule has 1 amide bonds. The quantitative estimate of drug-likeness (QED) is 0.763. The summed E-state index contributed by atoms with van der Waals surface area (Å²) in [6, 6.07) is 8.18. The summed E-state index contributed by atoms with van der Waals surface area (Å²) < 4.78 is 5.12. The molecular formula is C13H17NO2. The summed E-state index contributed by atoms with van der Waals surface area (Å²) in [5.41, 5.74) is 2.25. The summed E-state index contributed by atoms with van der Waals surface area (Å²) in [7, 11) is 0. The van der Waals surface area contributed by atoms with E-state index in [1.807, 2.05) is 12.1 Å². The molecule has 1 heterocycles. The molecule has 1 saturated heterocycles. The molecule has 0 atom stereocenters. The fourth-order valence-corrected chi connectivity index (χ4v) is 1.84. The molecule has 0 spiro atoms. The molecule has 1 aromatic carbocycles. The number of nitrogens with zero attached hydrogens (tertiary/aromatic N) is 1. The van der Waals surface area contributed by atoms with Crippen molar-refractivity contribution in [3.63, 3.8) is 0 Å². The minimum absolute atomic E-state index is 0.0483. The average molecular weight is 219 g/mol. The zero-order chi connectivity index (χ0) is 11.5. The van der Waals surface area contributed by atoms with Crippen LogP contribution in [0.4, 0.5) is 5.69 Å². The van der Waals surface area contributed by atoms with E-state index in [0.717, 1.165) is 5.69 Å². The third-order valence-electron chi connectivity index (χ3n) is 2.83. The van der Waals surface area contributed by atoms with Gasteiger partial charge in [0.15, 0.2) is 0 Å². The summed E-state index contributed by atoms with van der Waals surface area (Å²) in [4.78, 5) is 13.5. The lowest BCUT2D eigenvalue weighted by Crippen LogP contribution is -2.41. The highest BCUT2D eigenvalue weighted by Gasteiger charge is 2.20. The topological polar surface area (TPSA) is 29.5 Å². The lowest BCUT2D eigenvalue weighted by atomic mass is 10.0. The number of ether oxygens (including phenoxy) is 1. The molecule has 2 rings (SSSR count). The van der Waals surface area contributed by atoms with Gasteiger partial charge in [0.2, 0.25) is 0 Å². The lowest BCUT2D eigenvalue weighted by molar-refractivity contribution is -0.125. The molecule has 0 aliphatic carbocycles. The molecule has 1 aliphatic heterocycles. The summed E-state index contributed by atoms with van der Waals surface area (Å²) in [6.45, 7) is 5.78. The van der Waals surface area contributed by atoms with Crippen LogP contribution in [0, 0.1) is 0 Å². The molecule has 1 fully saturated rings. The van der Waals surface area contributed by atoms with Crippen molar-refractivity contribution in [2.24, 2.45) is 0 Å². The first-order valence-electron chi connectivity index (χ1n) is 5.66. The van der Waals surface area contributed by atoms with Crippen molar-refractivity contribution in [2.75, 3.05) is 24.7 Å². The van der Waals surface area contributed by atoms with Gasteiger partial charge in [-0.1, -0.05) is 26.0 Å². The third-order valence-corrected chi connectivity index (χ3v) is 2.83. The van der Waals surface area contributed by atoms with Crippen LogP contribution in [0.25, 0.3) is 0 Å². The minimum Gasteiger partial charge on any atom is -0.370 e. The molecule has 1 aromatic rings. The number of carbonyl (C=O) groups is 1. The molecule has 3 heteroatoms. The van der Waals surface area contributed by atoms with Crippen LogP contribution < -0.4 is 4.90 Å². The Kier molecular flexibility index (Phi) is 3.25. The maximum Gasteiger partial charge on any atom is 0.253 e. The van der Waals surface area contributed by atoms with Gasteiger partial charge >= 0.3 is 0 Å². The largest absolute Gasteiger partial charge is 0.370 e. The molecule has 16 heavy (non-hydrogen) atoms. The predicted molar refractivity (Wildman–Crippen MR) is 63.7 cm³/mol. The average Bonchev–Trinajstić information content (AvgIpc) is 2.30. The van der Waals surface area contributed by atoms with Crippen LogP contribution in [-0.4, -0.2) is 25.7 Å². The van der Waals surface area contributed by atoms with E-state index in [4.69, 9.17) is 4.74 Å². The number of morpholine rings is 1. The van der Waals surface area contributed by atoms with Gasteiger partial charge in [-0.15, -0.1) is 0 Å². The summed E-state index contributed by atoms with van der Waals surface area (Å²) in [5.74, 6) is 0.531. The van der Waals surface area contributed by atoms with Crippen molar-refractivity contribution in [1.29, 1.82) is 0 Å². The van der Waals surface area contributed by atoms with E-state index in [0.29, 0.717) is 19.1 Å². The van der Waals surface area contributed by atoms with E-state index in [1.165, 1.54) is 5.56 Å². The number of hydrogen-bond donors (Lipinski definition) is 0. The number of amides is 1. The number of rotatable bonds is 2. The van der Waals surface area contributed by atoms with E-state index in [2.05, 4.69) is 26.0 Å². The first-order valence-corrected chi connectivity index (χ1v) is 5.66. The highest BCUT2D eigenvalue weighted by atomic mass is 16.5. The Morgan fingerprint density at radius 1 is 1.38 bits per heavy atom. The molecule has 0 aromatic heterocycles. The molecule has 0 N–H and O–H groups in total. The normalized spacial score (nSPS) is 16.9. The van der Waals surface area contributed by atoms with Crippen LogP contribution in [0.15, 0.2) is 24.3 Å². The maximum atomic E-state index is 11.7. The fraction of sp³-hybridized carbons (Fsp3) is 0.462. The van der Waals surface area contributed by atoms with Crippen LogP contribution >= 0.6 is 0 Å². The van der Waals surface area contributed by atoms with Crippen molar-refractivity contribution >= 4 is 11.6 Å². The van der Waals surface area contributed by atoms with Crippen LogP contribution in [0.2, 0.25) is 0 Å².